The van der Waals surface area contributed by atoms with Crippen LogP contribution in [-0.2, 0) is 15.1 Å². The van der Waals surface area contributed by atoms with Crippen LogP contribution < -0.4 is 4.90 Å². The van der Waals surface area contributed by atoms with Crippen LogP contribution in [0.1, 0.15) is 28.2 Å². The van der Waals surface area contributed by atoms with E-state index < -0.39 is 29.2 Å². The first-order chi connectivity index (χ1) is 17.6. The van der Waals surface area contributed by atoms with Crippen LogP contribution in [0.2, 0.25) is 0 Å². The van der Waals surface area contributed by atoms with Crippen molar-refractivity contribution in [1.29, 1.82) is 0 Å². The second-order valence-electron chi connectivity index (χ2n) is 9.57. The lowest BCUT2D eigenvalue weighted by Crippen LogP contribution is -2.57. The predicted octanol–water partition coefficient (Wildman–Crippen LogP) is 5.14. The van der Waals surface area contributed by atoms with E-state index in [-0.39, 0.29) is 10.8 Å². The fraction of sp³-hybridized carbons (Fsp3) is 0.133. The number of carbonyl (C=O) groups is 2. The zero-order valence-corrected chi connectivity index (χ0v) is 19.1. The Hall–Kier alpha value is -4.58. The molecule has 2 bridgehead atoms. The number of para-hydroxylation sites is 1. The Bertz CT molecular complexity index is 1550. The number of nitrogens with zero attached hydrogens (tertiary/aromatic N) is 2. The SMILES string of the molecule is O=C1[C@@H]2[C@@H](C(=O)N1c1ccccc1-c1ccccc1)C1c3ccccc3C2([N+](=O)[O-])c2ccccc21. The number of anilines is 1. The number of benzene rings is 4. The lowest BCUT2D eigenvalue weighted by atomic mass is 9.51. The normalized spacial score (nSPS) is 25.3. The smallest absolute Gasteiger partial charge is 0.274 e. The quantitative estimate of drug-likeness (QED) is 0.235. The zero-order valence-electron chi connectivity index (χ0n) is 19.1. The van der Waals surface area contributed by atoms with Crippen LogP contribution in [0.3, 0.4) is 0 Å². The Morgan fingerprint density at radius 3 is 1.89 bits per heavy atom. The summed E-state index contributed by atoms with van der Waals surface area (Å²) in [7, 11) is 0. The van der Waals surface area contributed by atoms with Crippen molar-refractivity contribution >= 4 is 17.5 Å². The largest absolute Gasteiger partial charge is 0.285 e. The van der Waals surface area contributed by atoms with Crippen LogP contribution in [0.15, 0.2) is 103 Å². The highest BCUT2D eigenvalue weighted by Gasteiger charge is 2.74. The molecule has 0 saturated carbocycles. The van der Waals surface area contributed by atoms with E-state index in [0.29, 0.717) is 16.8 Å². The van der Waals surface area contributed by atoms with E-state index in [1.807, 2.05) is 66.7 Å². The second kappa shape index (κ2) is 7.21. The van der Waals surface area contributed by atoms with Gasteiger partial charge in [0.25, 0.3) is 5.54 Å². The van der Waals surface area contributed by atoms with Crippen molar-refractivity contribution in [3.8, 4) is 11.1 Å². The molecule has 4 aromatic carbocycles. The maximum Gasteiger partial charge on any atom is 0.285 e. The average molecular weight is 473 g/mol. The lowest BCUT2D eigenvalue weighted by molar-refractivity contribution is -0.578. The van der Waals surface area contributed by atoms with E-state index in [1.54, 1.807) is 36.4 Å². The van der Waals surface area contributed by atoms with Gasteiger partial charge in [0.2, 0.25) is 11.8 Å². The summed E-state index contributed by atoms with van der Waals surface area (Å²) in [5.41, 5.74) is 2.77. The van der Waals surface area contributed by atoms with Crippen LogP contribution in [0, 0.1) is 22.0 Å². The molecule has 0 unspecified atom stereocenters. The molecule has 36 heavy (non-hydrogen) atoms. The van der Waals surface area contributed by atoms with Crippen molar-refractivity contribution in [3.63, 3.8) is 0 Å². The lowest BCUT2D eigenvalue weighted by Gasteiger charge is -2.48. The molecule has 1 heterocycles. The van der Waals surface area contributed by atoms with Gasteiger partial charge < -0.3 is 0 Å². The Labute approximate surface area is 207 Å². The third-order valence-corrected chi connectivity index (χ3v) is 8.09. The Kier molecular flexibility index (Phi) is 4.16. The molecule has 1 aliphatic heterocycles. The molecular formula is C30H20N2O4. The highest BCUT2D eigenvalue weighted by atomic mass is 16.6. The third-order valence-electron chi connectivity index (χ3n) is 8.09. The maximum atomic E-state index is 14.3. The van der Waals surface area contributed by atoms with E-state index >= 15 is 0 Å². The van der Waals surface area contributed by atoms with Gasteiger partial charge in [-0.15, -0.1) is 0 Å². The summed E-state index contributed by atoms with van der Waals surface area (Å²) in [5.74, 6) is -3.29. The molecular weight excluding hydrogens is 452 g/mol. The van der Waals surface area contributed by atoms with E-state index in [9.17, 15) is 19.7 Å². The van der Waals surface area contributed by atoms with E-state index in [0.717, 1.165) is 22.3 Å². The molecule has 0 spiro atoms. The molecule has 2 amide bonds. The van der Waals surface area contributed by atoms with Crippen molar-refractivity contribution in [2.45, 2.75) is 11.5 Å². The summed E-state index contributed by atoms with van der Waals surface area (Å²) >= 11 is 0. The van der Waals surface area contributed by atoms with Crippen LogP contribution in [0.5, 0.6) is 0 Å². The first kappa shape index (κ1) is 20.8. The van der Waals surface area contributed by atoms with Crippen molar-refractivity contribution in [2.24, 2.45) is 11.8 Å². The molecule has 0 aromatic heterocycles. The fourth-order valence-corrected chi connectivity index (χ4v) is 6.81. The number of hydrogen-bond acceptors (Lipinski definition) is 4. The van der Waals surface area contributed by atoms with E-state index in [4.69, 9.17) is 0 Å². The fourth-order valence-electron chi connectivity index (χ4n) is 6.81. The summed E-state index contributed by atoms with van der Waals surface area (Å²) in [4.78, 5) is 42.4. The maximum absolute atomic E-state index is 14.3. The predicted molar refractivity (Wildman–Crippen MR) is 134 cm³/mol. The molecule has 174 valence electrons. The summed E-state index contributed by atoms with van der Waals surface area (Å²) in [6.07, 6.45) is 0. The minimum atomic E-state index is -1.82. The summed E-state index contributed by atoms with van der Waals surface area (Å²) in [6, 6.07) is 31.2. The molecule has 0 radical (unpaired) electrons. The number of carbonyl (C=O) groups excluding carboxylic acids is 2. The van der Waals surface area contributed by atoms with Crippen molar-refractivity contribution in [2.75, 3.05) is 4.90 Å². The van der Waals surface area contributed by atoms with Gasteiger partial charge in [-0.05, 0) is 22.8 Å². The molecule has 4 aliphatic rings. The van der Waals surface area contributed by atoms with Gasteiger partial charge in [-0.1, -0.05) is 97.1 Å². The molecule has 0 N–H and O–H groups in total. The van der Waals surface area contributed by atoms with Gasteiger partial charge in [-0.2, -0.15) is 0 Å². The van der Waals surface area contributed by atoms with Crippen LogP contribution in [0.4, 0.5) is 5.69 Å². The van der Waals surface area contributed by atoms with Gasteiger partial charge in [0.05, 0.1) is 11.6 Å². The van der Waals surface area contributed by atoms with Crippen molar-refractivity contribution in [3.05, 3.63) is 135 Å². The summed E-state index contributed by atoms with van der Waals surface area (Å²) in [6.45, 7) is 0. The molecule has 8 rings (SSSR count). The van der Waals surface area contributed by atoms with Gasteiger partial charge in [0, 0.05) is 27.5 Å². The van der Waals surface area contributed by atoms with E-state index in [1.165, 1.54) is 4.90 Å². The molecule has 4 aromatic rings. The van der Waals surface area contributed by atoms with Crippen LogP contribution >= 0.6 is 0 Å². The van der Waals surface area contributed by atoms with Crippen molar-refractivity contribution < 1.29 is 14.5 Å². The molecule has 1 saturated heterocycles. The molecule has 2 atom stereocenters. The molecule has 3 aliphatic carbocycles. The minimum Gasteiger partial charge on any atom is -0.274 e. The number of nitro groups is 1. The number of imide groups is 1. The first-order valence-corrected chi connectivity index (χ1v) is 11.9. The summed E-state index contributed by atoms with van der Waals surface area (Å²) in [5, 5.41) is 13.1. The topological polar surface area (TPSA) is 80.5 Å². The Morgan fingerprint density at radius 2 is 1.25 bits per heavy atom. The van der Waals surface area contributed by atoms with Gasteiger partial charge in [-0.25, -0.2) is 4.90 Å². The molecule has 1 fully saturated rings. The van der Waals surface area contributed by atoms with Crippen molar-refractivity contribution in [1.82, 2.24) is 0 Å². The minimum absolute atomic E-state index is 0.338. The Morgan fingerprint density at radius 1 is 0.694 bits per heavy atom. The molecule has 6 nitrogen and oxygen atoms in total. The summed E-state index contributed by atoms with van der Waals surface area (Å²) < 4.78 is 0. The standard InChI is InChI=1S/C30H20N2O4/c33-28-26-25-20-13-4-7-15-22(20)30(32(35)36,23-16-8-5-14-21(23)25)27(26)29(34)31(28)24-17-9-6-12-19(24)18-10-2-1-3-11-18/h1-17,25-27H/t25?,26-,27-,30?/m0/s1. The van der Waals surface area contributed by atoms with Gasteiger partial charge >= 0.3 is 0 Å². The number of hydrogen-bond donors (Lipinski definition) is 0. The number of amides is 2. The zero-order chi connectivity index (χ0) is 24.6. The second-order valence-corrected chi connectivity index (χ2v) is 9.57. The number of rotatable bonds is 3. The first-order valence-electron chi connectivity index (χ1n) is 11.9. The van der Waals surface area contributed by atoms with E-state index in [2.05, 4.69) is 0 Å². The highest BCUT2D eigenvalue weighted by molar-refractivity contribution is 6.25. The van der Waals surface area contributed by atoms with Crippen LogP contribution in [-0.4, -0.2) is 16.7 Å². The highest BCUT2D eigenvalue weighted by Crippen LogP contribution is 2.64. The Balaban J connectivity index is 1.50. The van der Waals surface area contributed by atoms with Crippen LogP contribution in [0.25, 0.3) is 11.1 Å². The molecule has 6 heteroatoms. The van der Waals surface area contributed by atoms with Gasteiger partial charge in [0.1, 0.15) is 5.92 Å². The van der Waals surface area contributed by atoms with Gasteiger partial charge in [0.15, 0.2) is 0 Å². The monoisotopic (exact) mass is 472 g/mol. The average Bonchev–Trinajstić information content (AvgIpc) is 3.19. The third kappa shape index (κ3) is 2.36. The van der Waals surface area contributed by atoms with Gasteiger partial charge in [-0.3, -0.25) is 19.7 Å².